The number of hydrogen-bond acceptors (Lipinski definition) is 4. The maximum atomic E-state index is 12.5. The average Bonchev–Trinajstić information content (AvgIpc) is 2.63. The number of carbonyl (C=O) groups excluding carboxylic acids is 1. The molecule has 0 bridgehead atoms. The zero-order chi connectivity index (χ0) is 20.7. The van der Waals surface area contributed by atoms with Crippen LogP contribution in [0.1, 0.15) is 22.8 Å². The summed E-state index contributed by atoms with van der Waals surface area (Å²) in [6.45, 7) is -3.80. The van der Waals surface area contributed by atoms with Crippen LogP contribution in [0.3, 0.4) is 0 Å². The van der Waals surface area contributed by atoms with Crippen LogP contribution in [0.15, 0.2) is 42.5 Å². The number of rotatable bonds is 9. The molecule has 0 saturated carbocycles. The fourth-order valence-electron chi connectivity index (χ4n) is 2.46. The van der Waals surface area contributed by atoms with Crippen LogP contribution in [0.5, 0.6) is 17.2 Å². The Morgan fingerprint density at radius 3 is 2.18 bits per heavy atom. The molecular weight excluding hydrogens is 382 g/mol. The standard InChI is InChI=1S/C19H19F4NO4/c1-3-26-16-10-12(4-9-15(16)28-19(22)23)11-24(2)17(25)13-5-7-14(8-6-13)27-18(20)21/h4-10,18-19H,3,11H2,1-2H3. The van der Waals surface area contributed by atoms with Crippen LogP contribution in [-0.2, 0) is 6.54 Å². The maximum Gasteiger partial charge on any atom is 0.387 e. The van der Waals surface area contributed by atoms with E-state index >= 15 is 0 Å². The fraction of sp³-hybridized carbons (Fsp3) is 0.316. The Hall–Kier alpha value is -2.97. The van der Waals surface area contributed by atoms with Gasteiger partial charge in [-0.1, -0.05) is 6.07 Å². The molecule has 0 aromatic heterocycles. The van der Waals surface area contributed by atoms with Crippen molar-refractivity contribution in [1.29, 1.82) is 0 Å². The van der Waals surface area contributed by atoms with E-state index in [0.717, 1.165) is 0 Å². The summed E-state index contributed by atoms with van der Waals surface area (Å²) in [5, 5.41) is 0. The molecule has 0 atom stereocenters. The van der Waals surface area contributed by atoms with Gasteiger partial charge in [-0.2, -0.15) is 17.6 Å². The highest BCUT2D eigenvalue weighted by Crippen LogP contribution is 2.30. The number of halogens is 4. The Labute approximate surface area is 159 Å². The normalized spacial score (nSPS) is 10.9. The van der Waals surface area contributed by atoms with Gasteiger partial charge < -0.3 is 19.1 Å². The fourth-order valence-corrected chi connectivity index (χ4v) is 2.46. The topological polar surface area (TPSA) is 48.0 Å². The molecule has 0 radical (unpaired) electrons. The number of ether oxygens (including phenoxy) is 3. The van der Waals surface area contributed by atoms with Gasteiger partial charge in [-0.25, -0.2) is 0 Å². The molecule has 0 spiro atoms. The predicted octanol–water partition coefficient (Wildman–Crippen LogP) is 4.56. The quantitative estimate of drug-likeness (QED) is 0.578. The van der Waals surface area contributed by atoms with Gasteiger partial charge >= 0.3 is 13.2 Å². The van der Waals surface area contributed by atoms with Gasteiger partial charge in [0.1, 0.15) is 5.75 Å². The third kappa shape index (κ3) is 6.04. The molecule has 9 heteroatoms. The summed E-state index contributed by atoms with van der Waals surface area (Å²) in [4.78, 5) is 13.9. The van der Waals surface area contributed by atoms with Gasteiger partial charge in [-0.05, 0) is 48.9 Å². The summed E-state index contributed by atoms with van der Waals surface area (Å²) >= 11 is 0. The van der Waals surface area contributed by atoms with Gasteiger partial charge in [-0.15, -0.1) is 0 Å². The lowest BCUT2D eigenvalue weighted by Crippen LogP contribution is -2.26. The molecule has 2 rings (SSSR count). The Balaban J connectivity index is 2.09. The minimum absolute atomic E-state index is 0.0508. The van der Waals surface area contributed by atoms with E-state index in [1.165, 1.54) is 41.3 Å². The molecule has 0 unspecified atom stereocenters. The zero-order valence-electron chi connectivity index (χ0n) is 15.2. The first-order chi connectivity index (χ1) is 13.3. The molecule has 0 aliphatic carbocycles. The second-order valence-electron chi connectivity index (χ2n) is 5.66. The molecule has 0 aliphatic heterocycles. The Morgan fingerprint density at radius 1 is 0.964 bits per heavy atom. The molecule has 5 nitrogen and oxygen atoms in total. The van der Waals surface area contributed by atoms with Crippen LogP contribution in [0, 0.1) is 0 Å². The lowest BCUT2D eigenvalue weighted by atomic mass is 10.1. The maximum absolute atomic E-state index is 12.5. The second-order valence-corrected chi connectivity index (χ2v) is 5.66. The van der Waals surface area contributed by atoms with E-state index in [2.05, 4.69) is 9.47 Å². The van der Waals surface area contributed by atoms with Crippen molar-refractivity contribution < 1.29 is 36.6 Å². The molecule has 0 aliphatic rings. The number of amides is 1. The minimum atomic E-state index is -2.98. The van der Waals surface area contributed by atoms with Crippen LogP contribution in [-0.4, -0.2) is 37.7 Å². The number of alkyl halides is 4. The minimum Gasteiger partial charge on any atom is -0.490 e. The van der Waals surface area contributed by atoms with Crippen molar-refractivity contribution in [2.75, 3.05) is 13.7 Å². The summed E-state index contributed by atoms with van der Waals surface area (Å²) in [5.41, 5.74) is 0.922. The van der Waals surface area contributed by atoms with Crippen LogP contribution >= 0.6 is 0 Å². The van der Waals surface area contributed by atoms with Crippen LogP contribution < -0.4 is 14.2 Å². The molecule has 1 amide bonds. The summed E-state index contributed by atoms with van der Waals surface area (Å²) in [6.07, 6.45) is 0. The van der Waals surface area contributed by atoms with Crippen molar-refractivity contribution in [3.05, 3.63) is 53.6 Å². The molecule has 28 heavy (non-hydrogen) atoms. The first-order valence-corrected chi connectivity index (χ1v) is 8.31. The van der Waals surface area contributed by atoms with Gasteiger partial charge in [0.05, 0.1) is 6.61 Å². The Bertz CT molecular complexity index is 784. The number of carbonyl (C=O) groups is 1. The van der Waals surface area contributed by atoms with Gasteiger partial charge in [0.2, 0.25) is 0 Å². The van der Waals surface area contributed by atoms with Crippen molar-refractivity contribution in [3.63, 3.8) is 0 Å². The zero-order valence-corrected chi connectivity index (χ0v) is 15.2. The molecule has 0 heterocycles. The van der Waals surface area contributed by atoms with E-state index in [-0.39, 0.29) is 41.9 Å². The number of nitrogens with zero attached hydrogens (tertiary/aromatic N) is 1. The Kier molecular flexibility index (Phi) is 7.48. The lowest BCUT2D eigenvalue weighted by molar-refractivity contribution is -0.0516. The lowest BCUT2D eigenvalue weighted by Gasteiger charge is -2.19. The van der Waals surface area contributed by atoms with Crippen molar-refractivity contribution >= 4 is 5.91 Å². The second kappa shape index (κ2) is 9.82. The van der Waals surface area contributed by atoms with Gasteiger partial charge in [0.15, 0.2) is 11.5 Å². The first kappa shape index (κ1) is 21.3. The van der Waals surface area contributed by atoms with Gasteiger partial charge in [-0.3, -0.25) is 4.79 Å². The first-order valence-electron chi connectivity index (χ1n) is 8.31. The van der Waals surface area contributed by atoms with Crippen molar-refractivity contribution in [1.82, 2.24) is 4.90 Å². The number of hydrogen-bond donors (Lipinski definition) is 0. The van der Waals surface area contributed by atoms with E-state index < -0.39 is 13.2 Å². The number of benzene rings is 2. The molecule has 0 saturated heterocycles. The summed E-state index contributed by atoms with van der Waals surface area (Å²) in [6, 6.07) is 9.72. The smallest absolute Gasteiger partial charge is 0.387 e. The highest BCUT2D eigenvalue weighted by Gasteiger charge is 2.16. The van der Waals surface area contributed by atoms with E-state index in [1.807, 2.05) is 0 Å². The van der Waals surface area contributed by atoms with Gasteiger partial charge in [0.25, 0.3) is 5.91 Å². The Morgan fingerprint density at radius 2 is 1.61 bits per heavy atom. The third-order valence-corrected chi connectivity index (χ3v) is 3.62. The summed E-state index contributed by atoms with van der Waals surface area (Å²) in [7, 11) is 1.55. The van der Waals surface area contributed by atoms with E-state index in [0.29, 0.717) is 5.56 Å². The highest BCUT2D eigenvalue weighted by molar-refractivity contribution is 5.94. The van der Waals surface area contributed by atoms with Gasteiger partial charge in [0, 0.05) is 19.2 Å². The van der Waals surface area contributed by atoms with E-state index in [1.54, 1.807) is 20.0 Å². The summed E-state index contributed by atoms with van der Waals surface area (Å²) in [5.74, 6) is -0.349. The van der Waals surface area contributed by atoms with E-state index in [9.17, 15) is 22.4 Å². The molecule has 0 N–H and O–H groups in total. The van der Waals surface area contributed by atoms with Crippen molar-refractivity contribution in [3.8, 4) is 17.2 Å². The molecule has 2 aromatic carbocycles. The molecule has 152 valence electrons. The van der Waals surface area contributed by atoms with Crippen molar-refractivity contribution in [2.45, 2.75) is 26.7 Å². The SMILES string of the molecule is CCOc1cc(CN(C)C(=O)c2ccc(OC(F)F)cc2)ccc1OC(F)F. The predicted molar refractivity (Wildman–Crippen MR) is 93.1 cm³/mol. The van der Waals surface area contributed by atoms with Crippen LogP contribution in [0.2, 0.25) is 0 Å². The van der Waals surface area contributed by atoms with Crippen LogP contribution in [0.4, 0.5) is 17.6 Å². The largest absolute Gasteiger partial charge is 0.490 e. The third-order valence-electron chi connectivity index (χ3n) is 3.62. The van der Waals surface area contributed by atoms with Crippen molar-refractivity contribution in [2.24, 2.45) is 0 Å². The van der Waals surface area contributed by atoms with E-state index in [4.69, 9.17) is 4.74 Å². The molecular formula is C19H19F4NO4. The monoisotopic (exact) mass is 401 g/mol. The summed E-state index contributed by atoms with van der Waals surface area (Å²) < 4.78 is 63.2. The molecule has 2 aromatic rings. The highest BCUT2D eigenvalue weighted by atomic mass is 19.3. The van der Waals surface area contributed by atoms with Crippen LogP contribution in [0.25, 0.3) is 0 Å². The molecule has 0 fully saturated rings. The average molecular weight is 401 g/mol.